The highest BCUT2D eigenvalue weighted by atomic mass is 32.2. The van der Waals surface area contributed by atoms with E-state index < -0.39 is 10.0 Å². The number of benzene rings is 2. The van der Waals surface area contributed by atoms with E-state index in [4.69, 9.17) is 0 Å². The van der Waals surface area contributed by atoms with Crippen molar-refractivity contribution in [1.29, 1.82) is 0 Å². The van der Waals surface area contributed by atoms with Gasteiger partial charge in [0, 0.05) is 39.2 Å². The van der Waals surface area contributed by atoms with Crippen molar-refractivity contribution in [2.24, 2.45) is 0 Å². The fraction of sp³-hybridized carbons (Fsp3) is 0.364. The van der Waals surface area contributed by atoms with Gasteiger partial charge in [-0.15, -0.1) is 0 Å². The normalized spacial score (nSPS) is 11.9. The summed E-state index contributed by atoms with van der Waals surface area (Å²) in [5, 5.41) is 2.98. The van der Waals surface area contributed by atoms with Gasteiger partial charge in [0.25, 0.3) is 0 Å². The number of carbonyl (C=O) groups excluding carboxylic acids is 1. The third-order valence-corrected chi connectivity index (χ3v) is 6.95. The summed E-state index contributed by atoms with van der Waals surface area (Å²) in [4.78, 5) is 17.3. The SMILES string of the molecule is CCc1ccccc1NC(=O)CCc1nc2cc(S(=O)(=O)N(C)C)ccc2n1CC. The number of anilines is 1. The van der Waals surface area contributed by atoms with E-state index >= 15 is 0 Å². The molecule has 3 aromatic rings. The van der Waals surface area contributed by atoms with Gasteiger partial charge in [0.05, 0.1) is 15.9 Å². The van der Waals surface area contributed by atoms with Crippen molar-refractivity contribution in [2.75, 3.05) is 19.4 Å². The number of aromatic nitrogens is 2. The fourth-order valence-electron chi connectivity index (χ4n) is 3.46. The number of imidazole rings is 1. The van der Waals surface area contributed by atoms with Gasteiger partial charge in [-0.05, 0) is 43.2 Å². The molecule has 2 aromatic carbocycles. The van der Waals surface area contributed by atoms with Crippen LogP contribution in [0.1, 0.15) is 31.7 Å². The maximum atomic E-state index is 12.5. The summed E-state index contributed by atoms with van der Waals surface area (Å²) < 4.78 is 28.0. The van der Waals surface area contributed by atoms with Crippen LogP contribution in [0.4, 0.5) is 5.69 Å². The third kappa shape index (κ3) is 4.39. The van der Waals surface area contributed by atoms with Crippen molar-refractivity contribution >= 4 is 32.7 Å². The van der Waals surface area contributed by atoms with E-state index in [-0.39, 0.29) is 10.8 Å². The minimum Gasteiger partial charge on any atom is -0.328 e. The second-order valence-corrected chi connectivity index (χ2v) is 9.42. The van der Waals surface area contributed by atoms with Crippen LogP contribution in [-0.4, -0.2) is 42.3 Å². The number of amides is 1. The maximum absolute atomic E-state index is 12.5. The van der Waals surface area contributed by atoms with Crippen LogP contribution in [0, 0.1) is 0 Å². The number of carbonyl (C=O) groups is 1. The van der Waals surface area contributed by atoms with Gasteiger partial charge in [0.15, 0.2) is 0 Å². The van der Waals surface area contributed by atoms with Crippen LogP contribution in [-0.2, 0) is 34.2 Å². The van der Waals surface area contributed by atoms with E-state index in [1.54, 1.807) is 18.2 Å². The van der Waals surface area contributed by atoms with Gasteiger partial charge in [-0.2, -0.15) is 0 Å². The lowest BCUT2D eigenvalue weighted by molar-refractivity contribution is -0.116. The van der Waals surface area contributed by atoms with E-state index in [0.717, 1.165) is 29.0 Å². The van der Waals surface area contributed by atoms with Gasteiger partial charge in [-0.3, -0.25) is 4.79 Å². The molecule has 0 saturated carbocycles. The van der Waals surface area contributed by atoms with E-state index in [2.05, 4.69) is 17.2 Å². The molecule has 0 saturated heterocycles. The Kier molecular flexibility index (Phi) is 6.58. The lowest BCUT2D eigenvalue weighted by Crippen LogP contribution is -2.22. The average Bonchev–Trinajstić information content (AvgIpc) is 3.09. The van der Waals surface area contributed by atoms with Crippen LogP contribution in [0.25, 0.3) is 11.0 Å². The van der Waals surface area contributed by atoms with Crippen molar-refractivity contribution < 1.29 is 13.2 Å². The van der Waals surface area contributed by atoms with Gasteiger partial charge in [0.1, 0.15) is 5.82 Å². The number of fused-ring (bicyclic) bond motifs is 1. The first-order valence-corrected chi connectivity index (χ1v) is 11.5. The number of para-hydroxylation sites is 1. The largest absolute Gasteiger partial charge is 0.328 e. The molecule has 30 heavy (non-hydrogen) atoms. The Morgan fingerprint density at radius 2 is 1.87 bits per heavy atom. The molecular weight excluding hydrogens is 400 g/mol. The van der Waals surface area contributed by atoms with Crippen molar-refractivity contribution in [3.05, 3.63) is 53.9 Å². The minimum absolute atomic E-state index is 0.0681. The van der Waals surface area contributed by atoms with E-state index in [0.29, 0.717) is 24.9 Å². The van der Waals surface area contributed by atoms with Gasteiger partial charge in [-0.1, -0.05) is 25.1 Å². The molecule has 1 heterocycles. The summed E-state index contributed by atoms with van der Waals surface area (Å²) in [5.74, 6) is 0.701. The van der Waals surface area contributed by atoms with E-state index in [9.17, 15) is 13.2 Å². The second kappa shape index (κ2) is 8.97. The predicted octanol–water partition coefficient (Wildman–Crippen LogP) is 3.44. The molecule has 1 amide bonds. The number of hydrogen-bond acceptors (Lipinski definition) is 4. The van der Waals surface area contributed by atoms with Gasteiger partial charge in [0.2, 0.25) is 15.9 Å². The summed E-state index contributed by atoms with van der Waals surface area (Å²) in [6.07, 6.45) is 1.61. The first kappa shape index (κ1) is 22.0. The lowest BCUT2D eigenvalue weighted by Gasteiger charge is -2.11. The number of hydrogen-bond donors (Lipinski definition) is 1. The number of rotatable bonds is 8. The molecule has 0 aliphatic carbocycles. The molecule has 0 fully saturated rings. The van der Waals surface area contributed by atoms with Crippen molar-refractivity contribution in [2.45, 2.75) is 44.6 Å². The fourth-order valence-corrected chi connectivity index (χ4v) is 4.39. The highest BCUT2D eigenvalue weighted by Gasteiger charge is 2.19. The summed E-state index contributed by atoms with van der Waals surface area (Å²) in [5.41, 5.74) is 3.42. The average molecular weight is 429 g/mol. The summed E-state index contributed by atoms with van der Waals surface area (Å²) in [6.45, 7) is 4.75. The predicted molar refractivity (Wildman–Crippen MR) is 119 cm³/mol. The highest BCUT2D eigenvalue weighted by molar-refractivity contribution is 7.89. The molecule has 0 radical (unpaired) electrons. The molecule has 8 heteroatoms. The molecule has 0 aliphatic rings. The van der Waals surface area contributed by atoms with Crippen LogP contribution >= 0.6 is 0 Å². The standard InChI is InChI=1S/C22H28N4O3S/c1-5-16-9-7-8-10-18(16)24-22(27)14-13-21-23-19-15-17(30(28,29)25(3)4)11-12-20(19)26(21)6-2/h7-12,15H,5-6,13-14H2,1-4H3,(H,24,27). The van der Waals surface area contributed by atoms with E-state index in [1.807, 2.05) is 35.8 Å². The highest BCUT2D eigenvalue weighted by Crippen LogP contribution is 2.23. The molecule has 0 unspecified atom stereocenters. The molecule has 3 rings (SSSR count). The van der Waals surface area contributed by atoms with Crippen LogP contribution in [0.3, 0.4) is 0 Å². The van der Waals surface area contributed by atoms with Crippen molar-refractivity contribution in [3.8, 4) is 0 Å². The first-order valence-electron chi connectivity index (χ1n) is 10.1. The Hall–Kier alpha value is -2.71. The van der Waals surface area contributed by atoms with E-state index in [1.165, 1.54) is 18.4 Å². The molecular formula is C22H28N4O3S. The molecule has 160 valence electrons. The quantitative estimate of drug-likeness (QED) is 0.596. The smallest absolute Gasteiger partial charge is 0.242 e. The number of nitrogens with one attached hydrogen (secondary N) is 1. The van der Waals surface area contributed by atoms with Crippen LogP contribution < -0.4 is 5.32 Å². The Bertz CT molecular complexity index is 1170. The van der Waals surface area contributed by atoms with Gasteiger partial charge in [-0.25, -0.2) is 17.7 Å². The molecule has 0 bridgehead atoms. The summed E-state index contributed by atoms with van der Waals surface area (Å²) in [6, 6.07) is 12.8. The van der Waals surface area contributed by atoms with Crippen molar-refractivity contribution in [1.82, 2.24) is 13.9 Å². The van der Waals surface area contributed by atoms with Gasteiger partial charge >= 0.3 is 0 Å². The number of nitrogens with zero attached hydrogens (tertiary/aromatic N) is 3. The Morgan fingerprint density at radius 1 is 1.13 bits per heavy atom. The second-order valence-electron chi connectivity index (χ2n) is 7.27. The number of sulfonamides is 1. The minimum atomic E-state index is -3.53. The van der Waals surface area contributed by atoms with Crippen LogP contribution in [0.2, 0.25) is 0 Å². The summed E-state index contributed by atoms with van der Waals surface area (Å²) >= 11 is 0. The molecule has 1 aromatic heterocycles. The van der Waals surface area contributed by atoms with Crippen LogP contribution in [0.15, 0.2) is 47.4 Å². The molecule has 7 nitrogen and oxygen atoms in total. The third-order valence-electron chi connectivity index (χ3n) is 5.14. The molecule has 0 atom stereocenters. The molecule has 1 N–H and O–H groups in total. The lowest BCUT2D eigenvalue weighted by atomic mass is 10.1. The summed E-state index contributed by atoms with van der Waals surface area (Å²) in [7, 11) is -0.516. The zero-order valence-corrected chi connectivity index (χ0v) is 18.7. The topological polar surface area (TPSA) is 84.3 Å². The van der Waals surface area contributed by atoms with Gasteiger partial charge < -0.3 is 9.88 Å². The molecule has 0 spiro atoms. The monoisotopic (exact) mass is 428 g/mol. The Morgan fingerprint density at radius 3 is 2.53 bits per heavy atom. The Labute approximate surface area is 177 Å². The Balaban J connectivity index is 1.81. The zero-order valence-electron chi connectivity index (χ0n) is 17.8. The first-order chi connectivity index (χ1) is 14.3. The number of aryl methyl sites for hydroxylation is 3. The zero-order chi connectivity index (χ0) is 21.9. The van der Waals surface area contributed by atoms with Crippen LogP contribution in [0.5, 0.6) is 0 Å². The van der Waals surface area contributed by atoms with Crippen molar-refractivity contribution in [3.63, 3.8) is 0 Å². The molecule has 0 aliphatic heterocycles. The maximum Gasteiger partial charge on any atom is 0.242 e.